The van der Waals surface area contributed by atoms with Crippen LogP contribution < -0.4 is 4.74 Å². The van der Waals surface area contributed by atoms with E-state index in [2.05, 4.69) is 0 Å². The van der Waals surface area contributed by atoms with Gasteiger partial charge in [-0.05, 0) is 30.3 Å². The molecule has 0 bridgehead atoms. The van der Waals surface area contributed by atoms with Gasteiger partial charge in [0.05, 0.1) is 11.2 Å². The summed E-state index contributed by atoms with van der Waals surface area (Å²) in [5.41, 5.74) is 2.03. The van der Waals surface area contributed by atoms with Gasteiger partial charge in [0.15, 0.2) is 0 Å². The van der Waals surface area contributed by atoms with Crippen LogP contribution in [0, 0.1) is 0 Å². The summed E-state index contributed by atoms with van der Waals surface area (Å²) in [5, 5.41) is 10.7. The smallest absolute Gasteiger partial charge is 0.128 e. The zero-order chi connectivity index (χ0) is 13.2. The van der Waals surface area contributed by atoms with E-state index >= 15 is 0 Å². The molecule has 3 rings (SSSR count). The summed E-state index contributed by atoms with van der Waals surface area (Å²) in [5.74, 6) is 1.15. The molecule has 3 aromatic rings. The first kappa shape index (κ1) is 11.7. The number of aromatic hydroxyl groups is 1. The lowest BCUT2D eigenvalue weighted by molar-refractivity contribution is 0.298. The monoisotopic (exact) mass is 253 g/mol. The van der Waals surface area contributed by atoms with E-state index < -0.39 is 0 Å². The summed E-state index contributed by atoms with van der Waals surface area (Å²) >= 11 is 0. The van der Waals surface area contributed by atoms with Crippen molar-refractivity contribution in [3.05, 3.63) is 60.3 Å². The van der Waals surface area contributed by atoms with Crippen LogP contribution in [0.15, 0.2) is 54.6 Å². The molecule has 0 amide bonds. The molecular formula is C16H15NO2. The number of nitrogens with zero attached hydrogens (tertiary/aromatic N) is 1. The molecule has 3 nitrogen and oxygen atoms in total. The third-order valence-electron chi connectivity index (χ3n) is 3.29. The molecule has 0 atom stereocenters. The fourth-order valence-corrected chi connectivity index (χ4v) is 2.21. The fourth-order valence-electron chi connectivity index (χ4n) is 2.21. The molecule has 0 aliphatic carbocycles. The maximum atomic E-state index is 9.84. The Hall–Kier alpha value is -2.42. The second-order valence-corrected chi connectivity index (χ2v) is 4.51. The van der Waals surface area contributed by atoms with Crippen molar-refractivity contribution >= 4 is 10.9 Å². The van der Waals surface area contributed by atoms with Crippen molar-refractivity contribution in [2.45, 2.75) is 6.61 Å². The Bertz CT molecular complexity index is 701. The first-order valence-corrected chi connectivity index (χ1v) is 6.20. The molecule has 1 N–H and O–H groups in total. The van der Waals surface area contributed by atoms with Crippen molar-refractivity contribution in [1.29, 1.82) is 0 Å². The zero-order valence-electron chi connectivity index (χ0n) is 10.7. The predicted molar refractivity (Wildman–Crippen MR) is 75.4 cm³/mol. The average molecular weight is 253 g/mol. The molecular weight excluding hydrogens is 238 g/mol. The standard InChI is InChI=1S/C16H15NO2/c1-17-12(11-19-13-6-3-2-4-7-13)10-14-15(17)8-5-9-16(14)18/h2-10,18H,11H2,1H3. The van der Waals surface area contributed by atoms with E-state index in [0.717, 1.165) is 22.3 Å². The maximum Gasteiger partial charge on any atom is 0.128 e. The Morgan fingerprint density at radius 2 is 1.84 bits per heavy atom. The number of hydrogen-bond acceptors (Lipinski definition) is 2. The first-order valence-electron chi connectivity index (χ1n) is 6.20. The second kappa shape index (κ2) is 4.69. The van der Waals surface area contributed by atoms with Crippen LogP contribution in [-0.2, 0) is 13.7 Å². The lowest BCUT2D eigenvalue weighted by Gasteiger charge is -2.07. The number of para-hydroxylation sites is 1. The van der Waals surface area contributed by atoms with Gasteiger partial charge in [-0.3, -0.25) is 0 Å². The van der Waals surface area contributed by atoms with Crippen molar-refractivity contribution in [2.24, 2.45) is 7.05 Å². The van der Waals surface area contributed by atoms with Gasteiger partial charge in [0.2, 0.25) is 0 Å². The Balaban J connectivity index is 1.89. The SMILES string of the molecule is Cn1c(COc2ccccc2)cc2c(O)cccc21. The second-order valence-electron chi connectivity index (χ2n) is 4.51. The summed E-state index contributed by atoms with van der Waals surface area (Å²) in [7, 11) is 1.98. The van der Waals surface area contributed by atoms with Gasteiger partial charge in [0, 0.05) is 12.4 Å². The molecule has 0 aliphatic rings. The summed E-state index contributed by atoms with van der Waals surface area (Å²) in [4.78, 5) is 0. The van der Waals surface area contributed by atoms with Gasteiger partial charge in [-0.25, -0.2) is 0 Å². The topological polar surface area (TPSA) is 34.4 Å². The number of ether oxygens (including phenoxy) is 1. The fraction of sp³-hybridized carbons (Fsp3) is 0.125. The van der Waals surface area contributed by atoms with Crippen LogP contribution in [0.25, 0.3) is 10.9 Å². The van der Waals surface area contributed by atoms with E-state index in [1.54, 1.807) is 6.07 Å². The quantitative estimate of drug-likeness (QED) is 0.775. The highest BCUT2D eigenvalue weighted by Crippen LogP contribution is 2.27. The van der Waals surface area contributed by atoms with Gasteiger partial charge in [-0.15, -0.1) is 0 Å². The van der Waals surface area contributed by atoms with Gasteiger partial charge >= 0.3 is 0 Å². The largest absolute Gasteiger partial charge is 0.507 e. The van der Waals surface area contributed by atoms with E-state index in [1.165, 1.54) is 0 Å². The molecule has 96 valence electrons. The minimum Gasteiger partial charge on any atom is -0.507 e. The van der Waals surface area contributed by atoms with Crippen LogP contribution in [0.4, 0.5) is 0 Å². The third kappa shape index (κ3) is 2.15. The Labute approximate surface area is 111 Å². The van der Waals surface area contributed by atoms with Crippen molar-refractivity contribution in [3.63, 3.8) is 0 Å². The van der Waals surface area contributed by atoms with Crippen molar-refractivity contribution in [1.82, 2.24) is 4.57 Å². The highest BCUT2D eigenvalue weighted by Gasteiger charge is 2.08. The summed E-state index contributed by atoms with van der Waals surface area (Å²) < 4.78 is 7.78. The van der Waals surface area contributed by atoms with E-state index in [4.69, 9.17) is 4.74 Å². The summed E-state index contributed by atoms with van der Waals surface area (Å²) in [6.07, 6.45) is 0. The molecule has 0 spiro atoms. The van der Waals surface area contributed by atoms with Crippen molar-refractivity contribution in [2.75, 3.05) is 0 Å². The van der Waals surface area contributed by atoms with Gasteiger partial charge in [-0.2, -0.15) is 0 Å². The molecule has 2 aromatic carbocycles. The lowest BCUT2D eigenvalue weighted by Crippen LogP contribution is -2.01. The third-order valence-corrected chi connectivity index (χ3v) is 3.29. The molecule has 0 unspecified atom stereocenters. The number of phenolic OH excluding ortho intramolecular Hbond substituents is 1. The van der Waals surface area contributed by atoms with Gasteiger partial charge < -0.3 is 14.4 Å². The van der Waals surface area contributed by atoms with Crippen molar-refractivity contribution in [3.8, 4) is 11.5 Å². The number of benzene rings is 2. The molecule has 1 heterocycles. The Morgan fingerprint density at radius 3 is 2.58 bits per heavy atom. The van der Waals surface area contributed by atoms with Crippen LogP contribution in [0.3, 0.4) is 0 Å². The average Bonchev–Trinajstić information content (AvgIpc) is 2.77. The molecule has 0 aliphatic heterocycles. The molecule has 19 heavy (non-hydrogen) atoms. The lowest BCUT2D eigenvalue weighted by atomic mass is 10.2. The molecule has 3 heteroatoms. The van der Waals surface area contributed by atoms with E-state index in [9.17, 15) is 5.11 Å². The van der Waals surface area contributed by atoms with Gasteiger partial charge in [-0.1, -0.05) is 24.3 Å². The molecule has 0 saturated carbocycles. The first-order chi connectivity index (χ1) is 9.25. The molecule has 0 radical (unpaired) electrons. The zero-order valence-corrected chi connectivity index (χ0v) is 10.7. The minimum absolute atomic E-state index is 0.305. The van der Waals surface area contributed by atoms with Crippen LogP contribution in [-0.4, -0.2) is 9.67 Å². The number of aromatic nitrogens is 1. The van der Waals surface area contributed by atoms with Crippen LogP contribution in [0.1, 0.15) is 5.69 Å². The number of aryl methyl sites for hydroxylation is 1. The predicted octanol–water partition coefficient (Wildman–Crippen LogP) is 3.46. The minimum atomic E-state index is 0.305. The van der Waals surface area contributed by atoms with Crippen molar-refractivity contribution < 1.29 is 9.84 Å². The van der Waals surface area contributed by atoms with E-state index in [-0.39, 0.29) is 0 Å². The number of fused-ring (bicyclic) bond motifs is 1. The highest BCUT2D eigenvalue weighted by molar-refractivity contribution is 5.87. The number of hydrogen-bond donors (Lipinski definition) is 1. The Morgan fingerprint density at radius 1 is 1.05 bits per heavy atom. The molecule has 0 fully saturated rings. The molecule has 0 saturated heterocycles. The van der Waals surface area contributed by atoms with Gasteiger partial charge in [0.25, 0.3) is 0 Å². The number of rotatable bonds is 3. The van der Waals surface area contributed by atoms with E-state index in [0.29, 0.717) is 12.4 Å². The normalized spacial score (nSPS) is 10.8. The molecule has 1 aromatic heterocycles. The van der Waals surface area contributed by atoms with E-state index in [1.807, 2.05) is 60.1 Å². The highest BCUT2D eigenvalue weighted by atomic mass is 16.5. The maximum absolute atomic E-state index is 9.84. The Kier molecular flexibility index (Phi) is 2.88. The van der Waals surface area contributed by atoms with Gasteiger partial charge in [0.1, 0.15) is 18.1 Å². The summed E-state index contributed by atoms with van der Waals surface area (Å²) in [6.45, 7) is 0.481. The van der Waals surface area contributed by atoms with Crippen LogP contribution >= 0.6 is 0 Å². The van der Waals surface area contributed by atoms with Crippen LogP contribution in [0.2, 0.25) is 0 Å². The van der Waals surface area contributed by atoms with Crippen LogP contribution in [0.5, 0.6) is 11.5 Å². The number of phenols is 1. The summed E-state index contributed by atoms with van der Waals surface area (Å²) in [6, 6.07) is 17.2.